The molecule has 0 unspecified atom stereocenters. The predicted molar refractivity (Wildman–Crippen MR) is 130 cm³/mol. The minimum absolute atomic E-state index is 0.196. The van der Waals surface area contributed by atoms with Gasteiger partial charge in [0, 0.05) is 6.08 Å². The molecule has 2 aromatic rings. The van der Waals surface area contributed by atoms with Crippen LogP contribution in [0.5, 0.6) is 0 Å². The minimum atomic E-state index is -2.77. The molecule has 2 amide bonds. The molecule has 5 nitrogen and oxygen atoms in total. The lowest BCUT2D eigenvalue weighted by molar-refractivity contribution is -0.125. The highest BCUT2D eigenvalue weighted by Gasteiger charge is 2.51. The number of hydrogen-bond donors (Lipinski definition) is 0. The molecule has 1 heterocycles. The van der Waals surface area contributed by atoms with E-state index in [-0.39, 0.29) is 17.6 Å². The fraction of sp³-hybridized carbons (Fsp3) is 0.385. The lowest BCUT2D eigenvalue weighted by Crippen LogP contribution is -2.67. The predicted octanol–water partition coefficient (Wildman–Crippen LogP) is 4.27. The van der Waals surface area contributed by atoms with Crippen LogP contribution in [0.25, 0.3) is 0 Å². The van der Waals surface area contributed by atoms with E-state index < -0.39 is 26.1 Å². The van der Waals surface area contributed by atoms with Crippen LogP contribution in [0.4, 0.5) is 4.79 Å². The summed E-state index contributed by atoms with van der Waals surface area (Å²) in [6.07, 6.45) is 2.50. The third kappa shape index (κ3) is 4.86. The van der Waals surface area contributed by atoms with Gasteiger partial charge in [0.15, 0.2) is 0 Å². The number of imide groups is 1. The number of amides is 2. The largest absolute Gasteiger partial charge is 0.443 e. The first-order valence-corrected chi connectivity index (χ1v) is 12.9. The van der Waals surface area contributed by atoms with Crippen molar-refractivity contribution in [2.24, 2.45) is 0 Å². The number of nitrogens with zero attached hydrogens (tertiary/aromatic N) is 1. The van der Waals surface area contributed by atoms with Crippen LogP contribution >= 0.6 is 0 Å². The Labute approximate surface area is 192 Å². The molecule has 0 saturated heterocycles. The number of hydrogen-bond acceptors (Lipinski definition) is 4. The van der Waals surface area contributed by atoms with Crippen LogP contribution in [0.3, 0.4) is 0 Å². The van der Waals surface area contributed by atoms with Gasteiger partial charge in [0.2, 0.25) is 0 Å². The zero-order valence-electron chi connectivity index (χ0n) is 19.8. The molecule has 1 aliphatic heterocycles. The smallest absolute Gasteiger partial charge is 0.417 e. The van der Waals surface area contributed by atoms with Gasteiger partial charge in [-0.2, -0.15) is 0 Å². The highest BCUT2D eigenvalue weighted by Crippen LogP contribution is 2.37. The standard InChI is InChI=1S/C26H33NO4Si/c1-25(2,3)31-24(29)27-20(17-18-23(27)28)19-30-32(26(4,5)6,21-13-9-7-10-14-21)22-15-11-8-12-16-22/h7-18,20H,19H2,1-6H3/t20-/m0/s1. The molecule has 0 aromatic heterocycles. The maximum absolute atomic E-state index is 12.7. The number of ether oxygens (including phenoxy) is 1. The first-order chi connectivity index (χ1) is 15.0. The molecule has 0 bridgehead atoms. The maximum Gasteiger partial charge on any atom is 0.417 e. The lowest BCUT2D eigenvalue weighted by atomic mass is 10.2. The molecule has 0 radical (unpaired) electrons. The molecule has 0 aliphatic carbocycles. The Balaban J connectivity index is 1.98. The van der Waals surface area contributed by atoms with Crippen molar-refractivity contribution in [1.82, 2.24) is 4.90 Å². The van der Waals surface area contributed by atoms with E-state index in [1.807, 2.05) is 36.4 Å². The summed E-state index contributed by atoms with van der Waals surface area (Å²) < 4.78 is 12.4. The van der Waals surface area contributed by atoms with Crippen molar-refractivity contribution in [3.8, 4) is 0 Å². The second kappa shape index (κ2) is 9.04. The van der Waals surface area contributed by atoms with E-state index >= 15 is 0 Å². The Morgan fingerprint density at radius 2 is 1.41 bits per heavy atom. The van der Waals surface area contributed by atoms with Crippen molar-refractivity contribution in [1.29, 1.82) is 0 Å². The van der Waals surface area contributed by atoms with Crippen molar-refractivity contribution >= 4 is 30.7 Å². The fourth-order valence-electron chi connectivity index (χ4n) is 4.16. The van der Waals surface area contributed by atoms with Gasteiger partial charge in [-0.25, -0.2) is 9.69 Å². The van der Waals surface area contributed by atoms with E-state index in [9.17, 15) is 9.59 Å². The normalized spacial score (nSPS) is 17.0. The van der Waals surface area contributed by atoms with Crippen molar-refractivity contribution < 1.29 is 18.8 Å². The van der Waals surface area contributed by atoms with Crippen LogP contribution in [0.1, 0.15) is 41.5 Å². The SMILES string of the molecule is CC(C)(C)OC(=O)N1C(=O)C=C[C@H]1CO[Si](c1ccccc1)(c1ccccc1)C(C)(C)C. The Hall–Kier alpha value is -2.70. The van der Waals surface area contributed by atoms with Crippen molar-refractivity contribution in [3.05, 3.63) is 72.8 Å². The van der Waals surface area contributed by atoms with Crippen molar-refractivity contribution in [2.75, 3.05) is 6.61 Å². The van der Waals surface area contributed by atoms with Gasteiger partial charge in [0.05, 0.1) is 12.6 Å². The van der Waals surface area contributed by atoms with Crippen LogP contribution in [0, 0.1) is 0 Å². The van der Waals surface area contributed by atoms with Crippen molar-refractivity contribution in [3.63, 3.8) is 0 Å². The topological polar surface area (TPSA) is 55.8 Å². The molecule has 0 fully saturated rings. The van der Waals surface area contributed by atoms with E-state index in [0.29, 0.717) is 0 Å². The van der Waals surface area contributed by atoms with Crippen LogP contribution in [-0.2, 0) is 14.0 Å². The number of carbonyl (C=O) groups excluding carboxylic acids is 2. The number of benzene rings is 2. The Morgan fingerprint density at radius 1 is 0.906 bits per heavy atom. The molecule has 170 valence electrons. The van der Waals surface area contributed by atoms with E-state index in [2.05, 4.69) is 45.0 Å². The molecule has 1 atom stereocenters. The van der Waals surface area contributed by atoms with Crippen LogP contribution in [0.2, 0.25) is 5.04 Å². The molecule has 0 spiro atoms. The summed E-state index contributed by atoms with van der Waals surface area (Å²) in [4.78, 5) is 26.4. The average molecular weight is 452 g/mol. The second-order valence-corrected chi connectivity index (χ2v) is 14.4. The Kier molecular flexibility index (Phi) is 6.77. The summed E-state index contributed by atoms with van der Waals surface area (Å²) in [7, 11) is -2.77. The quantitative estimate of drug-likeness (QED) is 0.637. The summed E-state index contributed by atoms with van der Waals surface area (Å²) in [5.41, 5.74) is -0.691. The molecule has 6 heteroatoms. The van der Waals surface area contributed by atoms with Crippen LogP contribution < -0.4 is 10.4 Å². The highest BCUT2D eigenvalue weighted by atomic mass is 28.4. The molecule has 0 saturated carbocycles. The monoisotopic (exact) mass is 451 g/mol. The molecule has 2 aromatic carbocycles. The summed E-state index contributed by atoms with van der Waals surface area (Å²) in [6.45, 7) is 12.1. The number of rotatable bonds is 5. The van der Waals surface area contributed by atoms with Crippen molar-refractivity contribution in [2.45, 2.75) is 58.2 Å². The molecular weight excluding hydrogens is 418 g/mol. The minimum Gasteiger partial charge on any atom is -0.443 e. The van der Waals surface area contributed by atoms with Gasteiger partial charge in [-0.3, -0.25) is 4.79 Å². The van der Waals surface area contributed by atoms with Crippen LogP contribution in [-0.4, -0.2) is 43.5 Å². The summed E-state index contributed by atoms with van der Waals surface area (Å²) >= 11 is 0. The van der Waals surface area contributed by atoms with Gasteiger partial charge in [0.1, 0.15) is 5.60 Å². The molecule has 0 N–H and O–H groups in total. The Morgan fingerprint density at radius 3 is 1.84 bits per heavy atom. The van der Waals surface area contributed by atoms with Gasteiger partial charge in [-0.05, 0) is 36.2 Å². The highest BCUT2D eigenvalue weighted by molar-refractivity contribution is 6.99. The average Bonchev–Trinajstić information content (AvgIpc) is 3.08. The van der Waals surface area contributed by atoms with Crippen LogP contribution in [0.15, 0.2) is 72.8 Å². The second-order valence-electron chi connectivity index (χ2n) is 10.1. The summed E-state index contributed by atoms with van der Waals surface area (Å²) in [6, 6.07) is 20.1. The van der Waals surface area contributed by atoms with E-state index in [1.54, 1.807) is 26.8 Å². The molecule has 3 rings (SSSR count). The zero-order chi connectivity index (χ0) is 23.6. The first kappa shape index (κ1) is 23.9. The molecular formula is C26H33NO4Si. The lowest BCUT2D eigenvalue weighted by Gasteiger charge is -2.43. The number of carbonyl (C=O) groups is 2. The van der Waals surface area contributed by atoms with E-state index in [0.717, 1.165) is 15.3 Å². The maximum atomic E-state index is 12.7. The van der Waals surface area contributed by atoms with E-state index in [4.69, 9.17) is 9.16 Å². The summed E-state index contributed by atoms with van der Waals surface area (Å²) in [5, 5.41) is 2.10. The third-order valence-electron chi connectivity index (χ3n) is 5.51. The third-order valence-corrected chi connectivity index (χ3v) is 10.5. The van der Waals surface area contributed by atoms with Gasteiger partial charge in [0.25, 0.3) is 14.2 Å². The fourth-order valence-corrected chi connectivity index (χ4v) is 8.74. The summed E-state index contributed by atoms with van der Waals surface area (Å²) in [5.74, 6) is -0.379. The van der Waals surface area contributed by atoms with E-state index in [1.165, 1.54) is 6.08 Å². The van der Waals surface area contributed by atoms with Gasteiger partial charge in [-0.15, -0.1) is 0 Å². The Bertz CT molecular complexity index is 935. The molecule has 32 heavy (non-hydrogen) atoms. The zero-order valence-corrected chi connectivity index (χ0v) is 20.8. The van der Waals surface area contributed by atoms with Gasteiger partial charge < -0.3 is 9.16 Å². The first-order valence-electron chi connectivity index (χ1n) is 10.9. The van der Waals surface area contributed by atoms with Gasteiger partial charge in [-0.1, -0.05) is 87.5 Å². The molecule has 1 aliphatic rings. The van der Waals surface area contributed by atoms with Gasteiger partial charge >= 0.3 is 6.09 Å².